The molecule has 1 fully saturated rings. The Bertz CT molecular complexity index is 1520. The van der Waals surface area contributed by atoms with Crippen LogP contribution < -0.4 is 10.6 Å². The summed E-state index contributed by atoms with van der Waals surface area (Å²) in [5.41, 5.74) is 2.42. The Hall–Kier alpha value is -4.60. The minimum atomic E-state index is -1.17. The molecule has 3 atom stereocenters. The number of amides is 3. The van der Waals surface area contributed by atoms with Crippen molar-refractivity contribution < 1.29 is 14.4 Å². The highest BCUT2D eigenvalue weighted by atomic mass is 16.2. The van der Waals surface area contributed by atoms with E-state index in [0.29, 0.717) is 11.3 Å². The van der Waals surface area contributed by atoms with E-state index >= 15 is 0 Å². The number of hydrogen-bond donors (Lipinski definition) is 2. The van der Waals surface area contributed by atoms with Crippen LogP contribution in [0.5, 0.6) is 0 Å². The Morgan fingerprint density at radius 2 is 1.97 bits per heavy atom. The van der Waals surface area contributed by atoms with Crippen molar-refractivity contribution in [1.29, 1.82) is 0 Å². The first-order chi connectivity index (χ1) is 18.0. The van der Waals surface area contributed by atoms with Crippen LogP contribution in [-0.4, -0.2) is 55.3 Å². The normalized spacial score (nSPS) is 21.2. The summed E-state index contributed by atoms with van der Waals surface area (Å²) < 4.78 is 1.62. The predicted molar refractivity (Wildman–Crippen MR) is 134 cm³/mol. The van der Waals surface area contributed by atoms with Crippen LogP contribution in [0.25, 0.3) is 5.65 Å². The van der Waals surface area contributed by atoms with Crippen LogP contribution in [0.1, 0.15) is 29.8 Å². The molecular weight excluding hydrogens is 470 g/mol. The van der Waals surface area contributed by atoms with Gasteiger partial charge in [0.15, 0.2) is 5.65 Å². The molecule has 1 aromatic carbocycles. The SMILES string of the molecule is CC(NC(=O)C1CN(C(=O)Cc2ccc3ncnn3c2)CC12C(=O)Nc1ccccc12)c1ccccn1. The lowest BCUT2D eigenvalue weighted by Gasteiger charge is -2.28. The number of nitrogens with zero attached hydrogens (tertiary/aromatic N) is 5. The van der Waals surface area contributed by atoms with Crippen molar-refractivity contribution in [3.63, 3.8) is 0 Å². The molecule has 10 heteroatoms. The number of benzene rings is 1. The Balaban J connectivity index is 1.30. The van der Waals surface area contributed by atoms with Crippen LogP contribution in [0.2, 0.25) is 0 Å². The maximum atomic E-state index is 13.7. The molecule has 186 valence electrons. The van der Waals surface area contributed by atoms with Gasteiger partial charge in [-0.3, -0.25) is 19.4 Å². The van der Waals surface area contributed by atoms with Gasteiger partial charge in [-0.15, -0.1) is 0 Å². The molecule has 1 saturated heterocycles. The van der Waals surface area contributed by atoms with Crippen LogP contribution in [0.3, 0.4) is 0 Å². The van der Waals surface area contributed by atoms with Gasteiger partial charge in [0.05, 0.1) is 24.1 Å². The van der Waals surface area contributed by atoms with Crippen molar-refractivity contribution in [3.05, 3.63) is 90.1 Å². The number of hydrogen-bond acceptors (Lipinski definition) is 6. The molecule has 0 radical (unpaired) electrons. The average Bonchev–Trinajstić information content (AvgIpc) is 3.61. The maximum Gasteiger partial charge on any atom is 0.237 e. The van der Waals surface area contributed by atoms with Gasteiger partial charge in [0.2, 0.25) is 17.7 Å². The minimum absolute atomic E-state index is 0.119. The topological polar surface area (TPSA) is 122 Å². The summed E-state index contributed by atoms with van der Waals surface area (Å²) in [7, 11) is 0. The standard InChI is InChI=1S/C27H25N7O3/c1-17(21-7-4-5-11-28-21)31-25(36)20-14-33(15-27(20)19-6-2-3-8-22(19)32-26(27)37)24(35)12-18-9-10-23-29-16-30-34(23)13-18/h2-11,13,16-17,20H,12,14-15H2,1H3,(H,31,36)(H,32,37). The molecule has 1 spiro atoms. The fourth-order valence-corrected chi connectivity index (χ4v) is 5.46. The molecule has 10 nitrogen and oxygen atoms in total. The van der Waals surface area contributed by atoms with Crippen LogP contribution in [0.4, 0.5) is 5.69 Å². The lowest BCUT2D eigenvalue weighted by atomic mass is 9.72. The summed E-state index contributed by atoms with van der Waals surface area (Å²) in [6.45, 7) is 2.11. The number of rotatable bonds is 5. The third-order valence-corrected chi connectivity index (χ3v) is 7.35. The number of aromatic nitrogens is 4. The van der Waals surface area contributed by atoms with Crippen molar-refractivity contribution in [3.8, 4) is 0 Å². The molecule has 0 bridgehead atoms. The number of anilines is 1. The second kappa shape index (κ2) is 8.81. The third-order valence-electron chi connectivity index (χ3n) is 7.35. The molecule has 0 saturated carbocycles. The monoisotopic (exact) mass is 495 g/mol. The molecule has 5 heterocycles. The molecule has 4 aromatic rings. The fourth-order valence-electron chi connectivity index (χ4n) is 5.46. The zero-order chi connectivity index (χ0) is 25.6. The molecule has 2 aliphatic rings. The minimum Gasteiger partial charge on any atom is -0.348 e. The van der Waals surface area contributed by atoms with E-state index in [0.717, 1.165) is 16.8 Å². The first-order valence-corrected chi connectivity index (χ1v) is 12.1. The van der Waals surface area contributed by atoms with E-state index in [1.165, 1.54) is 6.33 Å². The first kappa shape index (κ1) is 22.8. The van der Waals surface area contributed by atoms with E-state index in [4.69, 9.17) is 0 Å². The molecule has 37 heavy (non-hydrogen) atoms. The summed E-state index contributed by atoms with van der Waals surface area (Å²) in [6, 6.07) is 16.2. The summed E-state index contributed by atoms with van der Waals surface area (Å²) in [5.74, 6) is -1.48. The van der Waals surface area contributed by atoms with Gasteiger partial charge in [0.25, 0.3) is 0 Å². The highest BCUT2D eigenvalue weighted by molar-refractivity contribution is 6.10. The van der Waals surface area contributed by atoms with E-state index < -0.39 is 11.3 Å². The fraction of sp³-hybridized carbons (Fsp3) is 0.259. The van der Waals surface area contributed by atoms with E-state index in [9.17, 15) is 14.4 Å². The molecule has 0 aliphatic carbocycles. The Morgan fingerprint density at radius 1 is 1.14 bits per heavy atom. The van der Waals surface area contributed by atoms with Gasteiger partial charge in [-0.05, 0) is 42.3 Å². The van der Waals surface area contributed by atoms with Gasteiger partial charge in [0, 0.05) is 31.2 Å². The third kappa shape index (κ3) is 3.81. The first-order valence-electron chi connectivity index (χ1n) is 12.1. The van der Waals surface area contributed by atoms with Gasteiger partial charge in [0.1, 0.15) is 11.7 Å². The molecule has 3 unspecified atom stereocenters. The number of pyridine rings is 2. The maximum absolute atomic E-state index is 13.7. The number of carbonyl (C=O) groups is 3. The number of carbonyl (C=O) groups excluding carboxylic acids is 3. The van der Waals surface area contributed by atoms with Gasteiger partial charge >= 0.3 is 0 Å². The second-order valence-electron chi connectivity index (χ2n) is 9.56. The molecule has 2 N–H and O–H groups in total. The van der Waals surface area contributed by atoms with Crippen LogP contribution in [0, 0.1) is 5.92 Å². The number of para-hydroxylation sites is 1. The summed E-state index contributed by atoms with van der Waals surface area (Å²) in [6.07, 6.45) is 5.01. The van der Waals surface area contributed by atoms with E-state index in [1.807, 2.05) is 55.5 Å². The molecule has 2 aliphatic heterocycles. The molecule has 6 rings (SSSR count). The zero-order valence-corrected chi connectivity index (χ0v) is 20.2. The summed E-state index contributed by atoms with van der Waals surface area (Å²) in [4.78, 5) is 50.8. The molecule has 3 aromatic heterocycles. The lowest BCUT2D eigenvalue weighted by molar-refractivity contribution is -0.132. The van der Waals surface area contributed by atoms with Crippen LogP contribution in [0.15, 0.2) is 73.3 Å². The van der Waals surface area contributed by atoms with Gasteiger partial charge in [-0.2, -0.15) is 5.10 Å². The second-order valence-corrected chi connectivity index (χ2v) is 9.56. The van der Waals surface area contributed by atoms with Crippen molar-refractivity contribution in [2.45, 2.75) is 24.8 Å². The summed E-state index contributed by atoms with van der Waals surface area (Å²) in [5, 5.41) is 10.1. The zero-order valence-electron chi connectivity index (χ0n) is 20.2. The average molecular weight is 496 g/mol. The van der Waals surface area contributed by atoms with Crippen molar-refractivity contribution in [2.24, 2.45) is 5.92 Å². The largest absolute Gasteiger partial charge is 0.348 e. The number of nitrogens with one attached hydrogen (secondary N) is 2. The van der Waals surface area contributed by atoms with E-state index in [1.54, 1.807) is 27.9 Å². The van der Waals surface area contributed by atoms with Crippen molar-refractivity contribution in [2.75, 3.05) is 18.4 Å². The van der Waals surface area contributed by atoms with Crippen LogP contribution in [-0.2, 0) is 26.2 Å². The van der Waals surface area contributed by atoms with Crippen LogP contribution >= 0.6 is 0 Å². The summed E-state index contributed by atoms with van der Waals surface area (Å²) >= 11 is 0. The van der Waals surface area contributed by atoms with E-state index in [2.05, 4.69) is 25.7 Å². The smallest absolute Gasteiger partial charge is 0.237 e. The Kier molecular flexibility index (Phi) is 5.44. The van der Waals surface area contributed by atoms with Gasteiger partial charge < -0.3 is 15.5 Å². The quantitative estimate of drug-likeness (QED) is 0.436. The Morgan fingerprint density at radius 3 is 2.81 bits per heavy atom. The highest BCUT2D eigenvalue weighted by Gasteiger charge is 2.60. The van der Waals surface area contributed by atoms with Crippen molar-refractivity contribution in [1.82, 2.24) is 29.8 Å². The number of likely N-dealkylation sites (tertiary alicyclic amines) is 1. The highest BCUT2D eigenvalue weighted by Crippen LogP contribution is 2.47. The molecular formula is C27H25N7O3. The van der Waals surface area contributed by atoms with Gasteiger partial charge in [-0.25, -0.2) is 9.50 Å². The Labute approximate surface area is 212 Å². The molecule has 3 amide bonds. The predicted octanol–water partition coefficient (Wildman–Crippen LogP) is 1.89. The number of fused-ring (bicyclic) bond motifs is 3. The van der Waals surface area contributed by atoms with Crippen molar-refractivity contribution >= 4 is 29.1 Å². The van der Waals surface area contributed by atoms with E-state index in [-0.39, 0.29) is 43.3 Å². The van der Waals surface area contributed by atoms with Gasteiger partial charge in [-0.1, -0.05) is 30.3 Å². The lowest BCUT2D eigenvalue weighted by Crippen LogP contribution is -2.49.